The van der Waals surface area contributed by atoms with Gasteiger partial charge in [-0.3, -0.25) is 4.79 Å². The molecule has 1 aromatic carbocycles. The molecule has 0 bridgehead atoms. The third-order valence-corrected chi connectivity index (χ3v) is 3.09. The number of benzene rings is 1. The molecule has 0 aromatic heterocycles. The fourth-order valence-corrected chi connectivity index (χ4v) is 2.37. The minimum atomic E-state index is -0.206. The van der Waals surface area contributed by atoms with E-state index in [1.54, 1.807) is 0 Å². The van der Waals surface area contributed by atoms with Crippen LogP contribution in [-0.2, 0) is 9.53 Å². The number of fused-ring (bicyclic) bond motifs is 1. The van der Waals surface area contributed by atoms with Crippen LogP contribution in [0.25, 0.3) is 0 Å². The van der Waals surface area contributed by atoms with Crippen LogP contribution in [0.15, 0.2) is 24.3 Å². The third kappa shape index (κ3) is 2.09. The number of hydrogen-bond donors (Lipinski definition) is 1. The predicted molar refractivity (Wildman–Crippen MR) is 62.0 cm³/mol. The van der Waals surface area contributed by atoms with Crippen molar-refractivity contribution in [1.82, 2.24) is 5.32 Å². The van der Waals surface area contributed by atoms with Gasteiger partial charge in [0, 0.05) is 13.0 Å². The van der Waals surface area contributed by atoms with Crippen LogP contribution < -0.4 is 5.32 Å². The van der Waals surface area contributed by atoms with Crippen LogP contribution in [-0.4, -0.2) is 13.0 Å². The Bertz CT molecular complexity index is 389. The predicted octanol–water partition coefficient (Wildman–Crippen LogP) is 2.35. The molecule has 0 saturated heterocycles. The molecular weight excluding hydrogens is 202 g/mol. The second-order valence-electron chi connectivity index (χ2n) is 4.15. The second kappa shape index (κ2) is 4.66. The molecule has 0 saturated carbocycles. The maximum atomic E-state index is 11.0. The lowest BCUT2D eigenvalue weighted by molar-refractivity contribution is -0.147. The Kier molecular flexibility index (Phi) is 3.25. The number of hydrogen-bond acceptors (Lipinski definition) is 3. The molecule has 1 aromatic rings. The van der Waals surface area contributed by atoms with Gasteiger partial charge in [0.25, 0.3) is 0 Å². The van der Waals surface area contributed by atoms with Crippen molar-refractivity contribution in [3.05, 3.63) is 35.4 Å². The molecule has 0 radical (unpaired) electrons. The summed E-state index contributed by atoms with van der Waals surface area (Å²) in [7, 11) is 1.97. The standard InChI is InChI=1S/C13H17NO2/c1-9(15)16-13-8-7-12(14-2)10-5-3-4-6-11(10)13/h3-6,12-14H,7-8H2,1-2H3/t12-,13-/m1/s1. The minimum Gasteiger partial charge on any atom is -0.458 e. The van der Waals surface area contributed by atoms with Gasteiger partial charge in [0.15, 0.2) is 0 Å². The SMILES string of the molecule is CN[C@@H]1CC[C@@H](OC(C)=O)c2ccccc21. The van der Waals surface area contributed by atoms with Crippen LogP contribution in [0.3, 0.4) is 0 Å². The Hall–Kier alpha value is -1.35. The monoisotopic (exact) mass is 219 g/mol. The smallest absolute Gasteiger partial charge is 0.303 e. The zero-order valence-corrected chi connectivity index (χ0v) is 9.69. The largest absolute Gasteiger partial charge is 0.458 e. The van der Waals surface area contributed by atoms with Crippen LogP contribution in [0.2, 0.25) is 0 Å². The first-order chi connectivity index (χ1) is 7.72. The summed E-state index contributed by atoms with van der Waals surface area (Å²) in [4.78, 5) is 11.0. The summed E-state index contributed by atoms with van der Waals surface area (Å²) in [6.07, 6.45) is 1.83. The van der Waals surface area contributed by atoms with Gasteiger partial charge < -0.3 is 10.1 Å². The van der Waals surface area contributed by atoms with Crippen molar-refractivity contribution >= 4 is 5.97 Å². The van der Waals surface area contributed by atoms with E-state index in [0.717, 1.165) is 18.4 Å². The Morgan fingerprint density at radius 2 is 2.00 bits per heavy atom. The van der Waals surface area contributed by atoms with Gasteiger partial charge in [-0.05, 0) is 31.0 Å². The van der Waals surface area contributed by atoms with E-state index in [2.05, 4.69) is 11.4 Å². The molecule has 0 heterocycles. The molecule has 0 amide bonds. The van der Waals surface area contributed by atoms with Crippen molar-refractivity contribution in [3.63, 3.8) is 0 Å². The quantitative estimate of drug-likeness (QED) is 0.776. The molecule has 0 fully saturated rings. The van der Waals surface area contributed by atoms with Crippen LogP contribution in [0.5, 0.6) is 0 Å². The van der Waals surface area contributed by atoms with Gasteiger partial charge in [-0.1, -0.05) is 24.3 Å². The fourth-order valence-electron chi connectivity index (χ4n) is 2.37. The summed E-state index contributed by atoms with van der Waals surface area (Å²) >= 11 is 0. The molecule has 1 aliphatic carbocycles. The Balaban J connectivity index is 2.31. The Morgan fingerprint density at radius 3 is 2.62 bits per heavy atom. The highest BCUT2D eigenvalue weighted by atomic mass is 16.5. The first kappa shape index (κ1) is 11.1. The zero-order valence-electron chi connectivity index (χ0n) is 9.69. The van der Waals surface area contributed by atoms with Gasteiger partial charge in [0.05, 0.1) is 0 Å². The van der Waals surface area contributed by atoms with Crippen molar-refractivity contribution in [2.45, 2.75) is 31.9 Å². The summed E-state index contributed by atoms with van der Waals surface area (Å²) in [5.74, 6) is -0.206. The van der Waals surface area contributed by atoms with Gasteiger partial charge in [-0.2, -0.15) is 0 Å². The molecule has 1 N–H and O–H groups in total. The highest BCUT2D eigenvalue weighted by Crippen LogP contribution is 2.37. The normalized spacial score (nSPS) is 23.6. The fraction of sp³-hybridized carbons (Fsp3) is 0.462. The van der Waals surface area contributed by atoms with Crippen LogP contribution in [0.1, 0.15) is 43.0 Å². The van der Waals surface area contributed by atoms with E-state index >= 15 is 0 Å². The molecule has 86 valence electrons. The highest BCUT2D eigenvalue weighted by Gasteiger charge is 2.27. The van der Waals surface area contributed by atoms with Crippen molar-refractivity contribution < 1.29 is 9.53 Å². The van der Waals surface area contributed by atoms with E-state index in [4.69, 9.17) is 4.74 Å². The summed E-state index contributed by atoms with van der Waals surface area (Å²) in [6.45, 7) is 1.47. The molecule has 0 spiro atoms. The average molecular weight is 219 g/mol. The summed E-state index contributed by atoms with van der Waals surface area (Å²) in [5.41, 5.74) is 2.39. The second-order valence-corrected chi connectivity index (χ2v) is 4.15. The zero-order chi connectivity index (χ0) is 11.5. The summed E-state index contributed by atoms with van der Waals surface area (Å²) in [6, 6.07) is 8.55. The summed E-state index contributed by atoms with van der Waals surface area (Å²) in [5, 5.41) is 3.29. The summed E-state index contributed by atoms with van der Waals surface area (Å²) < 4.78 is 5.34. The Labute approximate surface area is 95.8 Å². The maximum Gasteiger partial charge on any atom is 0.303 e. The molecular formula is C13H17NO2. The first-order valence-electron chi connectivity index (χ1n) is 5.65. The molecule has 2 atom stereocenters. The van der Waals surface area contributed by atoms with Gasteiger partial charge in [0.2, 0.25) is 0 Å². The number of ether oxygens (including phenoxy) is 1. The van der Waals surface area contributed by atoms with E-state index in [1.165, 1.54) is 12.5 Å². The van der Waals surface area contributed by atoms with E-state index in [-0.39, 0.29) is 12.1 Å². The van der Waals surface area contributed by atoms with Crippen LogP contribution in [0.4, 0.5) is 0 Å². The van der Waals surface area contributed by atoms with Crippen molar-refractivity contribution in [2.24, 2.45) is 0 Å². The van der Waals surface area contributed by atoms with E-state index in [0.29, 0.717) is 6.04 Å². The maximum absolute atomic E-state index is 11.0. The Morgan fingerprint density at radius 1 is 1.31 bits per heavy atom. The van der Waals surface area contributed by atoms with Crippen molar-refractivity contribution in [3.8, 4) is 0 Å². The molecule has 2 rings (SSSR count). The molecule has 16 heavy (non-hydrogen) atoms. The molecule has 3 heteroatoms. The van der Waals surface area contributed by atoms with Crippen LogP contribution >= 0.6 is 0 Å². The lowest BCUT2D eigenvalue weighted by Gasteiger charge is -2.30. The van der Waals surface area contributed by atoms with Gasteiger partial charge >= 0.3 is 5.97 Å². The van der Waals surface area contributed by atoms with E-state index in [1.807, 2.05) is 25.2 Å². The lowest BCUT2D eigenvalue weighted by Crippen LogP contribution is -2.25. The number of carbonyl (C=O) groups is 1. The first-order valence-corrected chi connectivity index (χ1v) is 5.65. The average Bonchev–Trinajstić information content (AvgIpc) is 2.29. The van der Waals surface area contributed by atoms with E-state index < -0.39 is 0 Å². The highest BCUT2D eigenvalue weighted by molar-refractivity contribution is 5.66. The van der Waals surface area contributed by atoms with Crippen molar-refractivity contribution in [1.29, 1.82) is 0 Å². The molecule has 0 aliphatic heterocycles. The number of carbonyl (C=O) groups excluding carboxylic acids is 1. The minimum absolute atomic E-state index is 0.0710. The van der Waals surface area contributed by atoms with Gasteiger partial charge in [0.1, 0.15) is 6.10 Å². The van der Waals surface area contributed by atoms with Crippen LogP contribution in [0, 0.1) is 0 Å². The van der Waals surface area contributed by atoms with Crippen molar-refractivity contribution in [2.75, 3.05) is 7.05 Å². The number of rotatable bonds is 2. The topological polar surface area (TPSA) is 38.3 Å². The third-order valence-electron chi connectivity index (χ3n) is 3.09. The molecule has 3 nitrogen and oxygen atoms in total. The van der Waals surface area contributed by atoms with Gasteiger partial charge in [-0.15, -0.1) is 0 Å². The lowest BCUT2D eigenvalue weighted by atomic mass is 9.86. The number of nitrogens with one attached hydrogen (secondary N) is 1. The molecule has 1 aliphatic rings. The molecule has 0 unspecified atom stereocenters. The van der Waals surface area contributed by atoms with Gasteiger partial charge in [-0.25, -0.2) is 0 Å². The number of esters is 1. The van der Waals surface area contributed by atoms with E-state index in [9.17, 15) is 4.79 Å².